The lowest BCUT2D eigenvalue weighted by molar-refractivity contribution is -0.121. The molecule has 3 N–H and O–H groups in total. The first-order valence-electron chi connectivity index (χ1n) is 3.82. The molecule has 0 aromatic carbocycles. The van der Waals surface area contributed by atoms with Crippen molar-refractivity contribution in [1.82, 2.24) is 15.2 Å². The van der Waals surface area contributed by atoms with Crippen LogP contribution in [0.4, 0.5) is 0 Å². The molecule has 1 heterocycles. The van der Waals surface area contributed by atoms with Crippen LogP contribution in [0, 0.1) is 6.92 Å². The van der Waals surface area contributed by atoms with Crippen molar-refractivity contribution in [2.75, 3.05) is 0 Å². The summed E-state index contributed by atoms with van der Waals surface area (Å²) in [4.78, 5) is 10.8. The topological polar surface area (TPSA) is 72.9 Å². The van der Waals surface area contributed by atoms with E-state index in [-0.39, 0.29) is 5.91 Å². The summed E-state index contributed by atoms with van der Waals surface area (Å²) in [6, 6.07) is 0. The fourth-order valence-electron chi connectivity index (χ4n) is 0.929. The Morgan fingerprint density at radius 2 is 2.54 bits per heavy atom. The van der Waals surface area contributed by atoms with Crippen molar-refractivity contribution >= 4 is 21.8 Å². The molecule has 1 rings (SSSR count). The number of aromatic nitrogens is 2. The Hall–Kier alpha value is -0.880. The van der Waals surface area contributed by atoms with Crippen LogP contribution in [0.5, 0.6) is 0 Å². The predicted octanol–water partition coefficient (Wildman–Crippen LogP) is 0.334. The van der Waals surface area contributed by atoms with E-state index in [9.17, 15) is 4.79 Å². The largest absolute Gasteiger partial charge is 0.294 e. The minimum absolute atomic E-state index is 0.189. The summed E-state index contributed by atoms with van der Waals surface area (Å²) in [7, 11) is 0. The number of nitrogens with two attached hydrogens (primary N) is 1. The lowest BCUT2D eigenvalue weighted by Gasteiger charge is -2.02. The Balaban J connectivity index is 2.55. The van der Waals surface area contributed by atoms with Crippen molar-refractivity contribution in [2.24, 2.45) is 5.84 Å². The summed E-state index contributed by atoms with van der Waals surface area (Å²) in [5.74, 6) is 4.75. The number of carbonyl (C=O) groups excluding carboxylic acids is 1. The van der Waals surface area contributed by atoms with Gasteiger partial charge in [0.15, 0.2) is 0 Å². The summed E-state index contributed by atoms with van der Waals surface area (Å²) < 4.78 is 2.69. The van der Waals surface area contributed by atoms with Crippen LogP contribution in [-0.4, -0.2) is 15.7 Å². The molecule has 1 aromatic heterocycles. The Morgan fingerprint density at radius 3 is 3.00 bits per heavy atom. The number of rotatable bonds is 3. The van der Waals surface area contributed by atoms with Gasteiger partial charge in [0.1, 0.15) is 0 Å². The van der Waals surface area contributed by atoms with E-state index in [1.54, 1.807) is 10.9 Å². The van der Waals surface area contributed by atoms with Crippen LogP contribution in [0.15, 0.2) is 10.7 Å². The molecular formula is C7H11BrN4O. The second-order valence-electron chi connectivity index (χ2n) is 2.62. The molecular weight excluding hydrogens is 236 g/mol. The molecule has 0 aliphatic carbocycles. The van der Waals surface area contributed by atoms with Crippen molar-refractivity contribution < 1.29 is 4.79 Å². The maximum Gasteiger partial charge on any atom is 0.235 e. The highest BCUT2D eigenvalue weighted by atomic mass is 79.9. The molecule has 1 aromatic rings. The fourth-order valence-corrected chi connectivity index (χ4v) is 1.22. The zero-order valence-corrected chi connectivity index (χ0v) is 8.84. The number of carbonyl (C=O) groups is 1. The van der Waals surface area contributed by atoms with Gasteiger partial charge in [-0.3, -0.25) is 14.9 Å². The smallest absolute Gasteiger partial charge is 0.235 e. The molecule has 0 aliphatic rings. The Labute approximate surface area is 84.4 Å². The normalized spacial score (nSPS) is 10.1. The molecule has 0 saturated heterocycles. The molecule has 0 saturated carbocycles. The number of hydrazine groups is 1. The number of aryl methyl sites for hydroxylation is 1. The third-order valence-corrected chi connectivity index (χ3v) is 2.53. The molecule has 1 amide bonds. The second kappa shape index (κ2) is 4.38. The van der Waals surface area contributed by atoms with Gasteiger partial charge in [0.2, 0.25) is 5.91 Å². The van der Waals surface area contributed by atoms with E-state index in [0.29, 0.717) is 13.0 Å². The Bertz CT molecular complexity index is 309. The Morgan fingerprint density at radius 1 is 1.85 bits per heavy atom. The molecule has 6 heteroatoms. The van der Waals surface area contributed by atoms with Gasteiger partial charge < -0.3 is 0 Å². The van der Waals surface area contributed by atoms with E-state index < -0.39 is 0 Å². The van der Waals surface area contributed by atoms with Crippen LogP contribution in [0.25, 0.3) is 0 Å². The Kier molecular flexibility index (Phi) is 3.44. The number of hydrogen-bond donors (Lipinski definition) is 2. The van der Waals surface area contributed by atoms with Gasteiger partial charge in [-0.15, -0.1) is 0 Å². The maximum atomic E-state index is 10.8. The average molecular weight is 247 g/mol. The van der Waals surface area contributed by atoms with Gasteiger partial charge >= 0.3 is 0 Å². The summed E-state index contributed by atoms with van der Waals surface area (Å²) in [5, 5.41) is 4.07. The van der Waals surface area contributed by atoms with Crippen LogP contribution < -0.4 is 11.3 Å². The zero-order chi connectivity index (χ0) is 9.84. The van der Waals surface area contributed by atoms with Crippen LogP contribution in [0.2, 0.25) is 0 Å². The number of nitrogens with one attached hydrogen (secondary N) is 1. The highest BCUT2D eigenvalue weighted by molar-refractivity contribution is 9.10. The van der Waals surface area contributed by atoms with Gasteiger partial charge in [0.25, 0.3) is 0 Å². The lowest BCUT2D eigenvalue weighted by Crippen LogP contribution is -2.30. The average Bonchev–Trinajstić information content (AvgIpc) is 2.44. The summed E-state index contributed by atoms with van der Waals surface area (Å²) >= 11 is 3.33. The van der Waals surface area contributed by atoms with Crippen molar-refractivity contribution in [3.05, 3.63) is 16.4 Å². The SMILES string of the molecule is Cc1c(Br)cnn1CCC(=O)NN. The van der Waals surface area contributed by atoms with Crippen molar-refractivity contribution in [3.63, 3.8) is 0 Å². The standard InChI is InChI=1S/C7H11BrN4O/c1-5-6(8)4-10-12(5)3-2-7(13)11-9/h4H,2-3,9H2,1H3,(H,11,13). The molecule has 0 bridgehead atoms. The first kappa shape index (κ1) is 10.2. The van der Waals surface area contributed by atoms with E-state index in [4.69, 9.17) is 5.84 Å². The summed E-state index contributed by atoms with van der Waals surface area (Å²) in [6.45, 7) is 2.47. The minimum Gasteiger partial charge on any atom is -0.294 e. The number of nitrogens with zero attached hydrogens (tertiary/aromatic N) is 2. The molecule has 0 aliphatic heterocycles. The number of amides is 1. The molecule has 0 fully saturated rings. The van der Waals surface area contributed by atoms with Gasteiger partial charge in [-0.2, -0.15) is 5.10 Å². The van der Waals surface area contributed by atoms with Crippen molar-refractivity contribution in [1.29, 1.82) is 0 Å². The molecule has 0 radical (unpaired) electrons. The van der Waals surface area contributed by atoms with E-state index in [0.717, 1.165) is 10.2 Å². The van der Waals surface area contributed by atoms with Crippen LogP contribution in [0.3, 0.4) is 0 Å². The predicted molar refractivity (Wildman–Crippen MR) is 51.6 cm³/mol. The van der Waals surface area contributed by atoms with E-state index >= 15 is 0 Å². The van der Waals surface area contributed by atoms with Gasteiger partial charge in [-0.05, 0) is 22.9 Å². The second-order valence-corrected chi connectivity index (χ2v) is 3.47. The molecule has 5 nitrogen and oxygen atoms in total. The van der Waals surface area contributed by atoms with Gasteiger partial charge in [-0.25, -0.2) is 5.84 Å². The van der Waals surface area contributed by atoms with Crippen LogP contribution >= 0.6 is 15.9 Å². The first-order chi connectivity index (χ1) is 6.15. The first-order valence-corrected chi connectivity index (χ1v) is 4.62. The third kappa shape index (κ3) is 2.53. The van der Waals surface area contributed by atoms with Crippen LogP contribution in [0.1, 0.15) is 12.1 Å². The van der Waals surface area contributed by atoms with Gasteiger partial charge in [0, 0.05) is 12.1 Å². The summed E-state index contributed by atoms with van der Waals surface area (Å²) in [6.07, 6.45) is 2.04. The maximum absolute atomic E-state index is 10.8. The molecule has 72 valence electrons. The van der Waals surface area contributed by atoms with Crippen molar-refractivity contribution in [2.45, 2.75) is 19.9 Å². The monoisotopic (exact) mass is 246 g/mol. The van der Waals surface area contributed by atoms with Crippen LogP contribution in [-0.2, 0) is 11.3 Å². The molecule has 0 spiro atoms. The van der Waals surface area contributed by atoms with E-state index in [1.807, 2.05) is 6.92 Å². The minimum atomic E-state index is -0.189. The van der Waals surface area contributed by atoms with Crippen molar-refractivity contribution in [3.8, 4) is 0 Å². The quantitative estimate of drug-likeness (QED) is 0.459. The number of hydrogen-bond acceptors (Lipinski definition) is 3. The number of halogens is 1. The highest BCUT2D eigenvalue weighted by Crippen LogP contribution is 2.14. The molecule has 13 heavy (non-hydrogen) atoms. The zero-order valence-electron chi connectivity index (χ0n) is 7.25. The summed E-state index contributed by atoms with van der Waals surface area (Å²) in [5.41, 5.74) is 3.07. The van der Waals surface area contributed by atoms with E-state index in [2.05, 4.69) is 26.5 Å². The molecule has 0 atom stereocenters. The lowest BCUT2D eigenvalue weighted by atomic mass is 10.4. The molecule has 0 unspecified atom stereocenters. The third-order valence-electron chi connectivity index (χ3n) is 1.75. The van der Waals surface area contributed by atoms with Gasteiger partial charge in [-0.1, -0.05) is 0 Å². The fraction of sp³-hybridized carbons (Fsp3) is 0.429. The van der Waals surface area contributed by atoms with E-state index in [1.165, 1.54) is 0 Å². The van der Waals surface area contributed by atoms with Gasteiger partial charge in [0.05, 0.1) is 17.2 Å². The highest BCUT2D eigenvalue weighted by Gasteiger charge is 2.04.